The van der Waals surface area contributed by atoms with Crippen LogP contribution in [0.5, 0.6) is 5.75 Å². The van der Waals surface area contributed by atoms with Crippen molar-refractivity contribution in [2.45, 2.75) is 187 Å². The minimum Gasteiger partial charge on any atom is -0.508 e. The number of phenols is 1. The molecular weight excluding hydrogens is 1020 g/mol. The number of carboxylic acids is 2. The second-order valence-electron chi connectivity index (χ2n) is 20.9. The van der Waals surface area contributed by atoms with Crippen LogP contribution in [0, 0.1) is 23.7 Å². The highest BCUT2D eigenvalue weighted by atomic mass is 16.4. The Bertz CT molecular complexity index is 2160. The number of phenolic OH excluding ortho intramolecular Hbond substituents is 1. The van der Waals surface area contributed by atoms with Gasteiger partial charge in [-0.25, -0.2) is 4.79 Å². The van der Waals surface area contributed by atoms with Crippen molar-refractivity contribution >= 4 is 65.1 Å². The molecule has 26 nitrogen and oxygen atoms in total. The predicted octanol–water partition coefficient (Wildman–Crippen LogP) is -1.37. The first-order valence-corrected chi connectivity index (χ1v) is 26.6. The van der Waals surface area contributed by atoms with E-state index in [1.165, 1.54) is 24.3 Å². The average Bonchev–Trinajstić information content (AvgIpc) is 3.35. The molecule has 9 amide bonds. The molecule has 0 heterocycles. The summed E-state index contributed by atoms with van der Waals surface area (Å²) in [6.45, 7) is 14.2. The lowest BCUT2D eigenvalue weighted by atomic mass is 9.98. The molecule has 440 valence electrons. The van der Waals surface area contributed by atoms with Gasteiger partial charge in [0.05, 0.1) is 18.9 Å². The third-order valence-electron chi connectivity index (χ3n) is 12.6. The fourth-order valence-electron chi connectivity index (χ4n) is 8.03. The monoisotopic (exact) mass is 1100 g/mol. The van der Waals surface area contributed by atoms with Crippen molar-refractivity contribution < 1.29 is 68.1 Å². The third kappa shape index (κ3) is 25.9. The Morgan fingerprint density at radius 3 is 1.36 bits per heavy atom. The summed E-state index contributed by atoms with van der Waals surface area (Å²) in [5, 5.41) is 49.7. The zero-order valence-electron chi connectivity index (χ0n) is 46.4. The molecule has 0 aliphatic carbocycles. The molecule has 0 aromatic heterocycles. The number of carbonyl (C=O) groups is 11. The Hall–Kier alpha value is -6.93. The van der Waals surface area contributed by atoms with Gasteiger partial charge in [-0.1, -0.05) is 80.4 Å². The molecule has 0 spiro atoms. The highest BCUT2D eigenvalue weighted by Gasteiger charge is 2.37. The molecule has 0 bridgehead atoms. The summed E-state index contributed by atoms with van der Waals surface area (Å²) in [4.78, 5) is 147. The van der Waals surface area contributed by atoms with Crippen LogP contribution in [0.25, 0.3) is 0 Å². The number of aliphatic carboxylic acids is 2. The van der Waals surface area contributed by atoms with E-state index in [0.717, 1.165) is 0 Å². The molecule has 0 unspecified atom stereocenters. The van der Waals surface area contributed by atoms with Crippen molar-refractivity contribution in [3.05, 3.63) is 29.8 Å². The summed E-state index contributed by atoms with van der Waals surface area (Å²) in [6.07, 6.45) is 0.367. The van der Waals surface area contributed by atoms with E-state index in [0.29, 0.717) is 44.2 Å². The maximum absolute atomic E-state index is 14.2. The van der Waals surface area contributed by atoms with Gasteiger partial charge in [-0.05, 0) is 99.4 Å². The topological polar surface area (TPSA) is 449 Å². The van der Waals surface area contributed by atoms with Crippen LogP contribution in [0.4, 0.5) is 0 Å². The number of benzene rings is 1. The fourth-order valence-corrected chi connectivity index (χ4v) is 8.03. The average molecular weight is 1110 g/mol. The maximum atomic E-state index is 14.2. The van der Waals surface area contributed by atoms with Crippen LogP contribution in [-0.4, -0.2) is 148 Å². The Kier molecular flexibility index (Phi) is 31.4. The van der Waals surface area contributed by atoms with E-state index in [2.05, 4.69) is 42.5 Å². The van der Waals surface area contributed by atoms with Crippen molar-refractivity contribution in [2.24, 2.45) is 46.6 Å². The van der Waals surface area contributed by atoms with Crippen LogP contribution in [-0.2, 0) is 59.2 Å². The van der Waals surface area contributed by atoms with Crippen LogP contribution < -0.4 is 65.5 Å². The van der Waals surface area contributed by atoms with Crippen LogP contribution in [0.1, 0.15) is 132 Å². The van der Waals surface area contributed by atoms with Crippen LogP contribution in [0.3, 0.4) is 0 Å². The summed E-state index contributed by atoms with van der Waals surface area (Å²) >= 11 is 0. The molecule has 26 heteroatoms. The second kappa shape index (κ2) is 35.5. The minimum atomic E-state index is -1.81. The van der Waals surface area contributed by atoms with E-state index in [4.69, 9.17) is 22.9 Å². The van der Waals surface area contributed by atoms with Gasteiger partial charge in [-0.3, -0.25) is 47.9 Å². The Labute approximate surface area is 456 Å². The lowest BCUT2D eigenvalue weighted by Crippen LogP contribution is -2.61. The van der Waals surface area contributed by atoms with Gasteiger partial charge in [0.15, 0.2) is 0 Å². The number of nitrogens with one attached hydrogen (secondary N) is 8. The lowest BCUT2D eigenvalue weighted by Gasteiger charge is -2.29. The second-order valence-corrected chi connectivity index (χ2v) is 20.9. The normalized spacial score (nSPS) is 15.2. The minimum absolute atomic E-state index is 0.0195. The van der Waals surface area contributed by atoms with E-state index in [1.54, 1.807) is 55.4 Å². The molecule has 10 atom stereocenters. The molecular formula is C52H88N12O14. The number of aromatic hydroxyl groups is 1. The van der Waals surface area contributed by atoms with Crippen molar-refractivity contribution in [1.29, 1.82) is 0 Å². The number of primary amides is 1. The summed E-state index contributed by atoms with van der Waals surface area (Å²) in [6, 6.07) is -7.17. The molecule has 1 aromatic carbocycles. The Morgan fingerprint density at radius 1 is 0.500 bits per heavy atom. The molecule has 78 heavy (non-hydrogen) atoms. The van der Waals surface area contributed by atoms with Gasteiger partial charge in [0.2, 0.25) is 53.2 Å². The predicted molar refractivity (Wildman–Crippen MR) is 288 cm³/mol. The van der Waals surface area contributed by atoms with Crippen molar-refractivity contribution in [3.8, 4) is 5.75 Å². The first-order chi connectivity index (χ1) is 36.5. The SMILES string of the molecule is CC[C@H](C)[C@H](NC(=O)[C@H](Cc1ccc(O)cc1)NC(=O)[C@H](CC(N)=O)NC(=O)[C@H](CCCCN)NC(=O)[C@H](CC(C)C)NC(=O)[C@H](CC(=O)O)NC(=O)[C@H](CC(C)C)NC(=O)[C@@H](NC(=O)[C@@H](N)CCCCN)C(C)C)C(=O)O. The zero-order chi connectivity index (χ0) is 59.4. The number of unbranched alkanes of at least 4 members (excludes halogenated alkanes) is 2. The van der Waals surface area contributed by atoms with Crippen molar-refractivity contribution in [3.63, 3.8) is 0 Å². The number of nitrogens with two attached hydrogens (primary N) is 4. The molecule has 0 radical (unpaired) electrons. The number of carbonyl (C=O) groups excluding carboxylic acids is 9. The molecule has 19 N–H and O–H groups in total. The van der Waals surface area contributed by atoms with Gasteiger partial charge < -0.3 is 80.8 Å². The van der Waals surface area contributed by atoms with Gasteiger partial charge >= 0.3 is 11.9 Å². The number of amides is 9. The molecule has 1 aromatic rings. The number of carboxylic acid groups (broad SMARTS) is 2. The lowest BCUT2D eigenvalue weighted by molar-refractivity contribution is -0.144. The van der Waals surface area contributed by atoms with Gasteiger partial charge in [0, 0.05) is 6.42 Å². The molecule has 1 rings (SSSR count). The van der Waals surface area contributed by atoms with E-state index >= 15 is 0 Å². The summed E-state index contributed by atoms with van der Waals surface area (Å²) < 4.78 is 0. The first-order valence-electron chi connectivity index (χ1n) is 26.6. The van der Waals surface area contributed by atoms with Crippen LogP contribution >= 0.6 is 0 Å². The van der Waals surface area contributed by atoms with Crippen LogP contribution in [0.2, 0.25) is 0 Å². The summed E-state index contributed by atoms with van der Waals surface area (Å²) in [5.74, 6) is -12.9. The van der Waals surface area contributed by atoms with E-state index in [-0.39, 0.29) is 56.2 Å². The van der Waals surface area contributed by atoms with E-state index in [1.807, 2.05) is 0 Å². The molecule has 0 aliphatic heterocycles. The Balaban J connectivity index is 3.54. The number of hydrogen-bond donors (Lipinski definition) is 15. The van der Waals surface area contributed by atoms with Crippen molar-refractivity contribution in [1.82, 2.24) is 42.5 Å². The van der Waals surface area contributed by atoms with Gasteiger partial charge in [0.25, 0.3) is 0 Å². The summed E-state index contributed by atoms with van der Waals surface area (Å²) in [7, 11) is 0. The third-order valence-corrected chi connectivity index (χ3v) is 12.6. The maximum Gasteiger partial charge on any atom is 0.326 e. The summed E-state index contributed by atoms with van der Waals surface area (Å²) in [5.41, 5.74) is 23.3. The van der Waals surface area contributed by atoms with Gasteiger partial charge in [-0.2, -0.15) is 0 Å². The number of hydrogen-bond acceptors (Lipinski definition) is 15. The van der Waals surface area contributed by atoms with Gasteiger partial charge in [0.1, 0.15) is 54.1 Å². The smallest absolute Gasteiger partial charge is 0.326 e. The zero-order valence-corrected chi connectivity index (χ0v) is 46.4. The molecule has 0 fully saturated rings. The highest BCUT2D eigenvalue weighted by molar-refractivity contribution is 5.99. The van der Waals surface area contributed by atoms with E-state index in [9.17, 15) is 68.1 Å². The molecule has 0 saturated carbocycles. The highest BCUT2D eigenvalue weighted by Crippen LogP contribution is 2.16. The first kappa shape index (κ1) is 69.1. The standard InChI is InChI=1S/C52H88N12O14/c1-9-30(8)43(52(77)78)64-50(75)37(24-31-16-18-32(65)19-17-31)59-48(73)38(25-40(56)66)60-45(70)34(15-11-13-21-54)57-46(71)35(22-27(2)3)58-49(74)39(26-41(67)68)61-47(72)36(23-28(4)5)62-51(76)42(29(6)7)63-44(69)33(55)14-10-12-20-53/h16-19,27-30,33-39,42-43,65H,9-15,20-26,53-55H2,1-8H3,(H2,56,66)(H,57,71)(H,58,74)(H,59,73)(H,60,70)(H,61,72)(H,62,76)(H,63,69)(H,64,75)(H,67,68)(H,77,78)/t30-,33-,34-,35-,36-,37-,38-,39-,42-,43-/m0/s1. The van der Waals surface area contributed by atoms with E-state index < -0.39 is 144 Å². The van der Waals surface area contributed by atoms with Crippen molar-refractivity contribution in [2.75, 3.05) is 13.1 Å². The largest absolute Gasteiger partial charge is 0.508 e. The molecule has 0 aliphatic rings. The van der Waals surface area contributed by atoms with Gasteiger partial charge in [-0.15, -0.1) is 0 Å². The number of rotatable bonds is 38. The quantitative estimate of drug-likeness (QED) is 0.0340. The molecule has 0 saturated heterocycles. The Morgan fingerprint density at radius 2 is 0.910 bits per heavy atom. The fraction of sp³-hybridized carbons (Fsp3) is 0.673. The van der Waals surface area contributed by atoms with Crippen LogP contribution in [0.15, 0.2) is 24.3 Å².